The second-order valence-electron chi connectivity index (χ2n) is 6.27. The molecular weight excluding hydrogens is 302 g/mol. The molecular formula is C19H19N3O2. The zero-order valence-electron chi connectivity index (χ0n) is 13.6. The highest BCUT2D eigenvalue weighted by atomic mass is 16.7. The first-order valence-electron chi connectivity index (χ1n) is 8.35. The van der Waals surface area contributed by atoms with Crippen LogP contribution in [0.5, 0.6) is 0 Å². The minimum Gasteiger partial charge on any atom is -0.380 e. The third-order valence-corrected chi connectivity index (χ3v) is 4.78. The van der Waals surface area contributed by atoms with Crippen molar-refractivity contribution in [2.45, 2.75) is 38.2 Å². The summed E-state index contributed by atoms with van der Waals surface area (Å²) in [5, 5.41) is 8.15. The molecule has 24 heavy (non-hydrogen) atoms. The van der Waals surface area contributed by atoms with Gasteiger partial charge >= 0.3 is 0 Å². The van der Waals surface area contributed by atoms with Crippen molar-refractivity contribution in [1.82, 2.24) is 15.2 Å². The van der Waals surface area contributed by atoms with Gasteiger partial charge in [-0.2, -0.15) is 0 Å². The van der Waals surface area contributed by atoms with Crippen LogP contribution in [0.25, 0.3) is 11.0 Å². The SMILES string of the molecule is CCc1ccc(C(=O)C2(On3nnc4ccccc43)CCC2)cc1. The van der Waals surface area contributed by atoms with E-state index < -0.39 is 5.60 Å². The van der Waals surface area contributed by atoms with Crippen molar-refractivity contribution in [3.8, 4) is 0 Å². The molecule has 1 aliphatic carbocycles. The van der Waals surface area contributed by atoms with Gasteiger partial charge in [-0.1, -0.05) is 48.2 Å². The fourth-order valence-corrected chi connectivity index (χ4v) is 3.09. The smallest absolute Gasteiger partial charge is 0.209 e. The van der Waals surface area contributed by atoms with Crippen LogP contribution in [0.4, 0.5) is 0 Å². The Bertz CT molecular complexity index is 879. The van der Waals surface area contributed by atoms with Gasteiger partial charge < -0.3 is 4.84 Å². The molecule has 0 aliphatic heterocycles. The van der Waals surface area contributed by atoms with Gasteiger partial charge in [-0.15, -0.1) is 5.10 Å². The average Bonchev–Trinajstić information content (AvgIpc) is 3.00. The van der Waals surface area contributed by atoms with Crippen LogP contribution in [0, 0.1) is 0 Å². The van der Waals surface area contributed by atoms with Crippen molar-refractivity contribution >= 4 is 16.8 Å². The Hall–Kier alpha value is -2.69. The maximum absolute atomic E-state index is 13.0. The number of aromatic nitrogens is 3. The van der Waals surface area contributed by atoms with E-state index in [-0.39, 0.29) is 5.78 Å². The quantitative estimate of drug-likeness (QED) is 0.677. The molecule has 1 fully saturated rings. The van der Waals surface area contributed by atoms with Crippen molar-refractivity contribution in [3.63, 3.8) is 0 Å². The number of hydrogen-bond acceptors (Lipinski definition) is 4. The van der Waals surface area contributed by atoms with E-state index in [1.807, 2.05) is 48.5 Å². The molecule has 0 atom stereocenters. The summed E-state index contributed by atoms with van der Waals surface area (Å²) in [6, 6.07) is 15.4. The molecule has 1 saturated carbocycles. The van der Waals surface area contributed by atoms with Crippen LogP contribution in [0.15, 0.2) is 48.5 Å². The monoisotopic (exact) mass is 321 g/mol. The molecule has 0 unspecified atom stereocenters. The average molecular weight is 321 g/mol. The largest absolute Gasteiger partial charge is 0.380 e. The number of rotatable bonds is 5. The standard InChI is InChI=1S/C19H19N3O2/c1-2-14-8-10-15(11-9-14)18(23)19(12-5-13-19)24-22-17-7-4-3-6-16(17)20-21-22/h3-4,6-11H,2,5,12-13H2,1H3. The van der Waals surface area contributed by atoms with Crippen LogP contribution in [0.1, 0.15) is 42.1 Å². The number of nitrogens with zero attached hydrogens (tertiary/aromatic N) is 3. The van der Waals surface area contributed by atoms with Crippen LogP contribution >= 0.6 is 0 Å². The summed E-state index contributed by atoms with van der Waals surface area (Å²) in [4.78, 5) is 20.5. The van der Waals surface area contributed by atoms with E-state index in [2.05, 4.69) is 17.2 Å². The van der Waals surface area contributed by atoms with E-state index in [9.17, 15) is 4.79 Å². The third kappa shape index (κ3) is 2.37. The van der Waals surface area contributed by atoms with Gasteiger partial charge in [0, 0.05) is 5.56 Å². The lowest BCUT2D eigenvalue weighted by Crippen LogP contribution is -2.54. The first-order chi connectivity index (χ1) is 11.7. The molecule has 0 bridgehead atoms. The zero-order valence-corrected chi connectivity index (χ0v) is 13.6. The maximum atomic E-state index is 13.0. The molecule has 0 spiro atoms. The number of Topliss-reactive ketones (excluding diaryl/α,β-unsaturated/α-hetero) is 1. The normalized spacial score (nSPS) is 15.9. The highest BCUT2D eigenvalue weighted by molar-refractivity contribution is 6.03. The number of aryl methyl sites for hydroxylation is 1. The molecule has 0 N–H and O–H groups in total. The zero-order chi connectivity index (χ0) is 16.6. The molecule has 0 saturated heterocycles. The maximum Gasteiger partial charge on any atom is 0.209 e. The van der Waals surface area contributed by atoms with Crippen molar-refractivity contribution in [1.29, 1.82) is 0 Å². The Morgan fingerprint density at radius 3 is 2.58 bits per heavy atom. The lowest BCUT2D eigenvalue weighted by Gasteiger charge is -2.38. The molecule has 2 aromatic carbocycles. The summed E-state index contributed by atoms with van der Waals surface area (Å²) in [6.07, 6.45) is 3.34. The predicted molar refractivity (Wildman–Crippen MR) is 90.8 cm³/mol. The second-order valence-corrected chi connectivity index (χ2v) is 6.27. The fourth-order valence-electron chi connectivity index (χ4n) is 3.09. The predicted octanol–water partition coefficient (Wildman–Crippen LogP) is 3.23. The molecule has 4 rings (SSSR count). The van der Waals surface area contributed by atoms with Crippen LogP contribution in [-0.2, 0) is 6.42 Å². The Labute approximate surface area is 140 Å². The van der Waals surface area contributed by atoms with Gasteiger partial charge in [-0.05, 0) is 48.6 Å². The van der Waals surface area contributed by atoms with Crippen molar-refractivity contribution < 1.29 is 9.63 Å². The van der Waals surface area contributed by atoms with Gasteiger partial charge in [0.1, 0.15) is 11.0 Å². The van der Waals surface area contributed by atoms with Crippen molar-refractivity contribution in [2.24, 2.45) is 0 Å². The van der Waals surface area contributed by atoms with Gasteiger partial charge in [-0.3, -0.25) is 4.79 Å². The molecule has 1 heterocycles. The van der Waals surface area contributed by atoms with Gasteiger partial charge in [0.2, 0.25) is 5.78 Å². The number of fused-ring (bicyclic) bond motifs is 1. The Morgan fingerprint density at radius 1 is 1.17 bits per heavy atom. The Morgan fingerprint density at radius 2 is 1.92 bits per heavy atom. The number of hydrogen-bond donors (Lipinski definition) is 0. The summed E-state index contributed by atoms with van der Waals surface area (Å²) < 4.78 is 0. The number of carbonyl (C=O) groups is 1. The molecule has 1 aromatic heterocycles. The fraction of sp³-hybridized carbons (Fsp3) is 0.316. The van der Waals surface area contributed by atoms with E-state index in [0.29, 0.717) is 18.4 Å². The van der Waals surface area contributed by atoms with Crippen molar-refractivity contribution in [2.75, 3.05) is 0 Å². The molecule has 0 radical (unpaired) electrons. The van der Waals surface area contributed by atoms with E-state index in [0.717, 1.165) is 23.9 Å². The lowest BCUT2D eigenvalue weighted by atomic mass is 9.75. The Kier molecular flexibility index (Phi) is 3.56. The summed E-state index contributed by atoms with van der Waals surface area (Å²) in [7, 11) is 0. The molecule has 1 aliphatic rings. The summed E-state index contributed by atoms with van der Waals surface area (Å²) in [6.45, 7) is 2.10. The summed E-state index contributed by atoms with van der Waals surface area (Å²) >= 11 is 0. The van der Waals surface area contributed by atoms with Gasteiger partial charge in [0.15, 0.2) is 5.60 Å². The third-order valence-electron chi connectivity index (χ3n) is 4.78. The van der Waals surface area contributed by atoms with Crippen LogP contribution in [0.3, 0.4) is 0 Å². The van der Waals surface area contributed by atoms with Crippen LogP contribution < -0.4 is 4.84 Å². The molecule has 5 nitrogen and oxygen atoms in total. The first kappa shape index (κ1) is 14.9. The summed E-state index contributed by atoms with van der Waals surface area (Å²) in [5.41, 5.74) is 2.61. The van der Waals surface area contributed by atoms with Crippen LogP contribution in [-0.4, -0.2) is 26.5 Å². The van der Waals surface area contributed by atoms with E-state index in [1.54, 1.807) is 0 Å². The molecule has 5 heteroatoms. The highest BCUT2D eigenvalue weighted by Gasteiger charge is 2.48. The number of ketones is 1. The Balaban J connectivity index is 1.64. The van der Waals surface area contributed by atoms with Gasteiger partial charge in [0.05, 0.1) is 0 Å². The van der Waals surface area contributed by atoms with Gasteiger partial charge in [0.25, 0.3) is 0 Å². The lowest BCUT2D eigenvalue weighted by molar-refractivity contribution is -0.0865. The number of carbonyl (C=O) groups excluding carboxylic acids is 1. The van der Waals surface area contributed by atoms with E-state index in [4.69, 9.17) is 4.84 Å². The minimum atomic E-state index is -0.829. The van der Waals surface area contributed by atoms with E-state index in [1.165, 1.54) is 10.4 Å². The number of benzene rings is 2. The first-order valence-corrected chi connectivity index (χ1v) is 8.35. The second kappa shape index (κ2) is 5.74. The number of para-hydroxylation sites is 1. The highest BCUT2D eigenvalue weighted by Crippen LogP contribution is 2.37. The minimum absolute atomic E-state index is 0.0241. The molecule has 3 aromatic rings. The van der Waals surface area contributed by atoms with Crippen molar-refractivity contribution in [3.05, 3.63) is 59.7 Å². The van der Waals surface area contributed by atoms with E-state index >= 15 is 0 Å². The molecule has 0 amide bonds. The molecule has 122 valence electrons. The van der Waals surface area contributed by atoms with Crippen LogP contribution in [0.2, 0.25) is 0 Å². The van der Waals surface area contributed by atoms with Gasteiger partial charge in [-0.25, -0.2) is 0 Å². The summed E-state index contributed by atoms with van der Waals surface area (Å²) in [5.74, 6) is 0.0241. The topological polar surface area (TPSA) is 57.0 Å².